The van der Waals surface area contributed by atoms with Crippen LogP contribution in [0.1, 0.15) is 40.0 Å². The highest BCUT2D eigenvalue weighted by atomic mass is 32.1. The fraction of sp³-hybridized carbons (Fsp3) is 0.562. The maximum atomic E-state index is 4.33. The molecule has 2 atom stereocenters. The molecule has 1 aromatic carbocycles. The maximum absolute atomic E-state index is 4.33. The van der Waals surface area contributed by atoms with Gasteiger partial charge in [-0.25, -0.2) is 4.98 Å². The molecule has 102 valence electrons. The van der Waals surface area contributed by atoms with Gasteiger partial charge in [-0.15, -0.1) is 11.3 Å². The molecule has 1 aromatic heterocycles. The number of nitrogens with one attached hydrogen (secondary N) is 1. The van der Waals surface area contributed by atoms with Gasteiger partial charge in [0.05, 0.1) is 15.7 Å². The van der Waals surface area contributed by atoms with Crippen LogP contribution in [-0.2, 0) is 0 Å². The van der Waals surface area contributed by atoms with Crippen molar-refractivity contribution in [2.45, 2.75) is 46.1 Å². The molecule has 1 aliphatic rings. The van der Waals surface area contributed by atoms with Gasteiger partial charge in [-0.1, -0.05) is 20.8 Å². The molecule has 0 saturated heterocycles. The average molecular weight is 274 g/mol. The molecule has 1 aliphatic carbocycles. The highest BCUT2D eigenvalue weighted by molar-refractivity contribution is 7.16. The minimum atomic E-state index is 0.462. The molecule has 0 amide bonds. The van der Waals surface area contributed by atoms with Crippen molar-refractivity contribution in [2.24, 2.45) is 11.3 Å². The number of benzene rings is 1. The molecule has 2 unspecified atom stereocenters. The summed E-state index contributed by atoms with van der Waals surface area (Å²) in [5.74, 6) is 0.813. The molecule has 1 heterocycles. The van der Waals surface area contributed by atoms with Crippen LogP contribution < -0.4 is 5.32 Å². The van der Waals surface area contributed by atoms with Gasteiger partial charge in [0.15, 0.2) is 0 Å². The first-order valence-electron chi connectivity index (χ1n) is 7.12. The zero-order valence-electron chi connectivity index (χ0n) is 11.9. The first-order chi connectivity index (χ1) is 9.02. The van der Waals surface area contributed by atoms with Crippen LogP contribution >= 0.6 is 11.3 Å². The van der Waals surface area contributed by atoms with Crippen LogP contribution in [0.3, 0.4) is 0 Å². The van der Waals surface area contributed by atoms with E-state index < -0.39 is 0 Å². The van der Waals surface area contributed by atoms with E-state index in [1.54, 1.807) is 11.3 Å². The molecule has 1 fully saturated rings. The monoisotopic (exact) mass is 274 g/mol. The molecule has 3 rings (SSSR count). The second kappa shape index (κ2) is 4.78. The third kappa shape index (κ3) is 2.92. The Labute approximate surface area is 119 Å². The second-order valence-corrected chi connectivity index (χ2v) is 7.68. The third-order valence-corrected chi connectivity index (χ3v) is 4.88. The van der Waals surface area contributed by atoms with E-state index in [0.29, 0.717) is 11.5 Å². The number of hydrogen-bond donors (Lipinski definition) is 1. The Bertz CT molecular complexity index is 573. The molecule has 2 aromatic rings. The Hall–Kier alpha value is -1.09. The lowest BCUT2D eigenvalue weighted by Gasteiger charge is -2.39. The average Bonchev–Trinajstić information content (AvgIpc) is 2.73. The van der Waals surface area contributed by atoms with E-state index in [0.717, 1.165) is 11.4 Å². The molecule has 19 heavy (non-hydrogen) atoms. The SMILES string of the molecule is CC1CC(Nc2ccc3ncsc3c2)CC(C)(C)C1. The lowest BCUT2D eigenvalue weighted by atomic mass is 9.70. The van der Waals surface area contributed by atoms with Gasteiger partial charge in [0, 0.05) is 11.7 Å². The van der Waals surface area contributed by atoms with Crippen molar-refractivity contribution in [1.82, 2.24) is 4.98 Å². The molecule has 0 radical (unpaired) electrons. The van der Waals surface area contributed by atoms with Crippen LogP contribution in [0.15, 0.2) is 23.7 Å². The van der Waals surface area contributed by atoms with E-state index >= 15 is 0 Å². The summed E-state index contributed by atoms with van der Waals surface area (Å²) in [4.78, 5) is 4.33. The van der Waals surface area contributed by atoms with Gasteiger partial charge in [0.1, 0.15) is 0 Å². The standard InChI is InChI=1S/C16H22N2S/c1-11-6-13(9-16(2,3)8-11)18-12-4-5-14-15(7-12)19-10-17-14/h4-5,7,10-11,13,18H,6,8-9H2,1-3H3. The summed E-state index contributed by atoms with van der Waals surface area (Å²) in [6, 6.07) is 7.11. The number of nitrogens with zero attached hydrogens (tertiary/aromatic N) is 1. The van der Waals surface area contributed by atoms with Crippen molar-refractivity contribution in [1.29, 1.82) is 0 Å². The zero-order valence-corrected chi connectivity index (χ0v) is 12.8. The smallest absolute Gasteiger partial charge is 0.0813 e. The lowest BCUT2D eigenvalue weighted by molar-refractivity contribution is 0.178. The zero-order chi connectivity index (χ0) is 13.5. The van der Waals surface area contributed by atoms with Gasteiger partial charge in [-0.3, -0.25) is 0 Å². The summed E-state index contributed by atoms with van der Waals surface area (Å²) < 4.78 is 1.27. The van der Waals surface area contributed by atoms with E-state index in [-0.39, 0.29) is 0 Å². The van der Waals surface area contributed by atoms with Gasteiger partial charge in [-0.05, 0) is 48.8 Å². The predicted molar refractivity (Wildman–Crippen MR) is 83.8 cm³/mol. The first kappa shape index (κ1) is 12.9. The van der Waals surface area contributed by atoms with E-state index in [1.807, 2.05) is 5.51 Å². The highest BCUT2D eigenvalue weighted by Gasteiger charge is 2.31. The number of thiazole rings is 1. The third-order valence-electron chi connectivity index (χ3n) is 4.09. The minimum Gasteiger partial charge on any atom is -0.382 e. The Kier molecular flexibility index (Phi) is 3.25. The van der Waals surface area contributed by atoms with Crippen LogP contribution in [0.2, 0.25) is 0 Å². The Morgan fingerprint density at radius 3 is 2.95 bits per heavy atom. The van der Waals surface area contributed by atoms with Crippen LogP contribution in [0.4, 0.5) is 5.69 Å². The van der Waals surface area contributed by atoms with Gasteiger partial charge >= 0.3 is 0 Å². The van der Waals surface area contributed by atoms with E-state index in [1.165, 1.54) is 29.6 Å². The summed E-state index contributed by atoms with van der Waals surface area (Å²) in [6.07, 6.45) is 3.89. The topological polar surface area (TPSA) is 24.9 Å². The quantitative estimate of drug-likeness (QED) is 0.840. The molecule has 0 spiro atoms. The summed E-state index contributed by atoms with van der Waals surface area (Å²) in [5.41, 5.74) is 4.73. The minimum absolute atomic E-state index is 0.462. The molecule has 1 N–H and O–H groups in total. The number of hydrogen-bond acceptors (Lipinski definition) is 3. The van der Waals surface area contributed by atoms with Crippen molar-refractivity contribution in [3.8, 4) is 0 Å². The van der Waals surface area contributed by atoms with Crippen molar-refractivity contribution in [2.75, 3.05) is 5.32 Å². The first-order valence-corrected chi connectivity index (χ1v) is 8.00. The summed E-state index contributed by atoms with van der Waals surface area (Å²) >= 11 is 1.71. The maximum Gasteiger partial charge on any atom is 0.0813 e. The predicted octanol–water partition coefficient (Wildman–Crippen LogP) is 4.92. The fourth-order valence-corrected chi connectivity index (χ4v) is 4.35. The fourth-order valence-electron chi connectivity index (χ4n) is 3.64. The van der Waals surface area contributed by atoms with Gasteiger partial charge in [0.2, 0.25) is 0 Å². The molecule has 3 heteroatoms. The van der Waals surface area contributed by atoms with E-state index in [4.69, 9.17) is 0 Å². The molecule has 0 aliphatic heterocycles. The van der Waals surface area contributed by atoms with Gasteiger partial charge in [0.25, 0.3) is 0 Å². The Balaban J connectivity index is 1.76. The van der Waals surface area contributed by atoms with Gasteiger partial charge in [-0.2, -0.15) is 0 Å². The molecule has 0 bridgehead atoms. The molecule has 2 nitrogen and oxygen atoms in total. The summed E-state index contributed by atoms with van der Waals surface area (Å²) in [5, 5.41) is 3.73. The van der Waals surface area contributed by atoms with Crippen molar-refractivity contribution >= 4 is 27.2 Å². The van der Waals surface area contributed by atoms with Crippen molar-refractivity contribution in [3.63, 3.8) is 0 Å². The largest absolute Gasteiger partial charge is 0.382 e. The van der Waals surface area contributed by atoms with Crippen LogP contribution in [0.5, 0.6) is 0 Å². The van der Waals surface area contributed by atoms with Gasteiger partial charge < -0.3 is 5.32 Å². The Morgan fingerprint density at radius 2 is 2.16 bits per heavy atom. The molecule has 1 saturated carbocycles. The van der Waals surface area contributed by atoms with Crippen molar-refractivity contribution in [3.05, 3.63) is 23.7 Å². The van der Waals surface area contributed by atoms with Crippen LogP contribution in [0, 0.1) is 11.3 Å². The van der Waals surface area contributed by atoms with Crippen LogP contribution in [-0.4, -0.2) is 11.0 Å². The van der Waals surface area contributed by atoms with E-state index in [9.17, 15) is 0 Å². The number of fused-ring (bicyclic) bond motifs is 1. The number of aromatic nitrogens is 1. The molecular formula is C16H22N2S. The molecular weight excluding hydrogens is 252 g/mol. The number of anilines is 1. The summed E-state index contributed by atoms with van der Waals surface area (Å²) in [6.45, 7) is 7.16. The van der Waals surface area contributed by atoms with Crippen molar-refractivity contribution < 1.29 is 0 Å². The van der Waals surface area contributed by atoms with E-state index in [2.05, 4.69) is 49.3 Å². The highest BCUT2D eigenvalue weighted by Crippen LogP contribution is 2.39. The lowest BCUT2D eigenvalue weighted by Crippen LogP contribution is -2.35. The summed E-state index contributed by atoms with van der Waals surface area (Å²) in [7, 11) is 0. The normalized spacial score (nSPS) is 26.5. The Morgan fingerprint density at radius 1 is 1.32 bits per heavy atom. The number of rotatable bonds is 2. The second-order valence-electron chi connectivity index (χ2n) is 6.79. The van der Waals surface area contributed by atoms with Crippen LogP contribution in [0.25, 0.3) is 10.2 Å².